The van der Waals surface area contributed by atoms with E-state index in [4.69, 9.17) is 0 Å². The fourth-order valence-electron chi connectivity index (χ4n) is 2.68. The van der Waals surface area contributed by atoms with Gasteiger partial charge < -0.3 is 15.3 Å². The molecule has 0 bridgehead atoms. The number of carbonyl (C=O) groups is 2. The van der Waals surface area contributed by atoms with Crippen molar-refractivity contribution >= 4 is 23.8 Å². The Morgan fingerprint density at radius 1 is 1.50 bits per heavy atom. The monoisotopic (exact) mass is 302 g/mol. The molecule has 0 aromatic rings. The summed E-state index contributed by atoms with van der Waals surface area (Å²) in [6, 6.07) is -0.00113. The Balaban J connectivity index is 2.53. The lowest BCUT2D eigenvalue weighted by atomic mass is 9.83. The smallest absolute Gasteiger partial charge is 0.317 e. The van der Waals surface area contributed by atoms with Crippen LogP contribution in [0.25, 0.3) is 0 Å². The second-order valence-electron chi connectivity index (χ2n) is 5.64. The molecule has 1 fully saturated rings. The van der Waals surface area contributed by atoms with Crippen LogP contribution in [-0.2, 0) is 4.79 Å². The molecule has 1 rings (SSSR count). The molecule has 1 aliphatic heterocycles. The van der Waals surface area contributed by atoms with Crippen LogP contribution in [0.4, 0.5) is 4.79 Å². The van der Waals surface area contributed by atoms with Crippen LogP contribution in [-0.4, -0.2) is 53.1 Å². The highest BCUT2D eigenvalue weighted by molar-refractivity contribution is 7.98. The molecule has 0 radical (unpaired) electrons. The van der Waals surface area contributed by atoms with Crippen molar-refractivity contribution in [3.8, 4) is 0 Å². The molecule has 2 atom stereocenters. The number of nitrogens with zero attached hydrogens (tertiary/aromatic N) is 1. The van der Waals surface area contributed by atoms with E-state index in [-0.39, 0.29) is 12.1 Å². The van der Waals surface area contributed by atoms with Gasteiger partial charge in [0.2, 0.25) is 0 Å². The Labute approximate surface area is 125 Å². The van der Waals surface area contributed by atoms with Crippen molar-refractivity contribution in [3.63, 3.8) is 0 Å². The van der Waals surface area contributed by atoms with Crippen molar-refractivity contribution in [2.24, 2.45) is 5.41 Å². The van der Waals surface area contributed by atoms with Crippen molar-refractivity contribution in [3.05, 3.63) is 0 Å². The number of carboxylic acid groups (broad SMARTS) is 1. The molecule has 2 amide bonds. The molecule has 0 saturated carbocycles. The van der Waals surface area contributed by atoms with Gasteiger partial charge in [0.15, 0.2) is 0 Å². The maximum absolute atomic E-state index is 12.1. The standard InChI is InChI=1S/C14H26N2O3S/c1-4-6-14(12(17)18)7-8-16(10-14)13(19)15-11(2)5-9-20-3/h11H,4-10H2,1-3H3,(H,15,19)(H,17,18). The number of carboxylic acids is 1. The van der Waals surface area contributed by atoms with E-state index in [9.17, 15) is 14.7 Å². The molecule has 2 unspecified atom stereocenters. The molecule has 1 heterocycles. The lowest BCUT2D eigenvalue weighted by Gasteiger charge is -2.25. The Hall–Kier alpha value is -0.910. The number of amides is 2. The molecule has 6 heteroatoms. The summed E-state index contributed by atoms with van der Waals surface area (Å²) < 4.78 is 0. The average molecular weight is 302 g/mol. The Kier molecular flexibility index (Phi) is 6.65. The maximum Gasteiger partial charge on any atom is 0.317 e. The number of carbonyl (C=O) groups excluding carboxylic acids is 1. The third kappa shape index (κ3) is 4.30. The minimum absolute atomic E-state index is 0.126. The van der Waals surface area contributed by atoms with Gasteiger partial charge in [-0.2, -0.15) is 11.8 Å². The summed E-state index contributed by atoms with van der Waals surface area (Å²) in [5.74, 6) is 0.237. The number of rotatable bonds is 7. The number of likely N-dealkylation sites (tertiary alicyclic amines) is 1. The predicted octanol–water partition coefficient (Wildman–Crippen LogP) is 2.41. The topological polar surface area (TPSA) is 69.6 Å². The molecular weight excluding hydrogens is 276 g/mol. The summed E-state index contributed by atoms with van der Waals surface area (Å²) in [5.41, 5.74) is -0.741. The summed E-state index contributed by atoms with van der Waals surface area (Å²) in [6.07, 6.45) is 4.99. The first kappa shape index (κ1) is 17.1. The van der Waals surface area contributed by atoms with Gasteiger partial charge in [0.25, 0.3) is 0 Å². The van der Waals surface area contributed by atoms with E-state index in [1.165, 1.54) is 0 Å². The zero-order valence-electron chi connectivity index (χ0n) is 12.6. The third-order valence-electron chi connectivity index (χ3n) is 3.95. The van der Waals surface area contributed by atoms with Crippen molar-refractivity contribution in [1.82, 2.24) is 10.2 Å². The number of hydrogen-bond acceptors (Lipinski definition) is 3. The van der Waals surface area contributed by atoms with E-state index in [0.717, 1.165) is 18.6 Å². The molecule has 0 aromatic carbocycles. The fourth-order valence-corrected chi connectivity index (χ4v) is 3.27. The number of nitrogens with one attached hydrogen (secondary N) is 1. The quantitative estimate of drug-likeness (QED) is 0.758. The van der Waals surface area contributed by atoms with Gasteiger partial charge in [-0.3, -0.25) is 4.79 Å². The van der Waals surface area contributed by atoms with Gasteiger partial charge in [-0.25, -0.2) is 4.79 Å². The molecule has 0 aromatic heterocycles. The van der Waals surface area contributed by atoms with Crippen LogP contribution in [0.3, 0.4) is 0 Å². The molecule has 0 aliphatic carbocycles. The van der Waals surface area contributed by atoms with Crippen LogP contribution in [0.5, 0.6) is 0 Å². The van der Waals surface area contributed by atoms with Gasteiger partial charge in [0.1, 0.15) is 0 Å². The van der Waals surface area contributed by atoms with Gasteiger partial charge in [-0.05, 0) is 38.2 Å². The number of thioether (sulfide) groups is 1. The van der Waals surface area contributed by atoms with Gasteiger partial charge in [-0.15, -0.1) is 0 Å². The molecule has 1 aliphatic rings. The van der Waals surface area contributed by atoms with E-state index < -0.39 is 11.4 Å². The minimum Gasteiger partial charge on any atom is -0.481 e. The van der Waals surface area contributed by atoms with E-state index in [2.05, 4.69) is 5.32 Å². The van der Waals surface area contributed by atoms with Crippen LogP contribution in [0.2, 0.25) is 0 Å². The summed E-state index contributed by atoms with van der Waals surface area (Å²) in [6.45, 7) is 4.84. The largest absolute Gasteiger partial charge is 0.481 e. The van der Waals surface area contributed by atoms with Crippen molar-refractivity contribution in [2.75, 3.05) is 25.1 Å². The highest BCUT2D eigenvalue weighted by atomic mass is 32.2. The summed E-state index contributed by atoms with van der Waals surface area (Å²) in [7, 11) is 0. The Morgan fingerprint density at radius 3 is 2.75 bits per heavy atom. The zero-order chi connectivity index (χ0) is 15.2. The first-order chi connectivity index (χ1) is 9.45. The first-order valence-electron chi connectivity index (χ1n) is 7.23. The lowest BCUT2D eigenvalue weighted by molar-refractivity contribution is -0.148. The molecule has 0 spiro atoms. The summed E-state index contributed by atoms with van der Waals surface area (Å²) in [4.78, 5) is 25.3. The first-order valence-corrected chi connectivity index (χ1v) is 8.62. The second kappa shape index (κ2) is 7.76. The van der Waals surface area contributed by atoms with E-state index in [1.54, 1.807) is 16.7 Å². The minimum atomic E-state index is -0.773. The molecule has 20 heavy (non-hydrogen) atoms. The van der Waals surface area contributed by atoms with Gasteiger partial charge in [0.05, 0.1) is 5.41 Å². The zero-order valence-corrected chi connectivity index (χ0v) is 13.5. The molecule has 2 N–H and O–H groups in total. The van der Waals surface area contributed by atoms with E-state index in [0.29, 0.717) is 25.9 Å². The number of aliphatic carboxylic acids is 1. The van der Waals surface area contributed by atoms with Crippen LogP contribution in [0.1, 0.15) is 39.5 Å². The van der Waals surface area contributed by atoms with E-state index in [1.807, 2.05) is 20.1 Å². The van der Waals surface area contributed by atoms with E-state index >= 15 is 0 Å². The van der Waals surface area contributed by atoms with Gasteiger partial charge >= 0.3 is 12.0 Å². The summed E-state index contributed by atoms with van der Waals surface area (Å²) >= 11 is 1.76. The summed E-state index contributed by atoms with van der Waals surface area (Å²) in [5, 5.41) is 12.4. The average Bonchev–Trinajstić information content (AvgIpc) is 2.82. The van der Waals surface area contributed by atoms with Crippen molar-refractivity contribution < 1.29 is 14.7 Å². The molecular formula is C14H26N2O3S. The SMILES string of the molecule is CCCC1(C(=O)O)CCN(C(=O)NC(C)CCSC)C1. The molecule has 116 valence electrons. The highest BCUT2D eigenvalue weighted by Crippen LogP contribution is 2.35. The number of hydrogen-bond donors (Lipinski definition) is 2. The highest BCUT2D eigenvalue weighted by Gasteiger charge is 2.45. The third-order valence-corrected chi connectivity index (χ3v) is 4.59. The van der Waals surface area contributed by atoms with Gasteiger partial charge in [0, 0.05) is 19.1 Å². The normalized spacial score (nSPS) is 23.6. The Morgan fingerprint density at radius 2 is 2.20 bits per heavy atom. The van der Waals surface area contributed by atoms with Crippen molar-refractivity contribution in [1.29, 1.82) is 0 Å². The van der Waals surface area contributed by atoms with Crippen LogP contribution >= 0.6 is 11.8 Å². The fraction of sp³-hybridized carbons (Fsp3) is 0.857. The lowest BCUT2D eigenvalue weighted by Crippen LogP contribution is -2.44. The van der Waals surface area contributed by atoms with Crippen molar-refractivity contribution in [2.45, 2.75) is 45.6 Å². The predicted molar refractivity (Wildman–Crippen MR) is 82.2 cm³/mol. The van der Waals surface area contributed by atoms with Crippen LogP contribution in [0.15, 0.2) is 0 Å². The van der Waals surface area contributed by atoms with Crippen LogP contribution in [0, 0.1) is 5.41 Å². The number of urea groups is 1. The van der Waals surface area contributed by atoms with Crippen LogP contribution < -0.4 is 5.32 Å². The van der Waals surface area contributed by atoms with Gasteiger partial charge in [-0.1, -0.05) is 13.3 Å². The molecule has 1 saturated heterocycles. The Bertz CT molecular complexity index is 351. The molecule has 5 nitrogen and oxygen atoms in total. The maximum atomic E-state index is 12.1. The second-order valence-corrected chi connectivity index (χ2v) is 6.62.